The first-order valence-corrected chi connectivity index (χ1v) is 8.65. The van der Waals surface area contributed by atoms with Crippen molar-refractivity contribution >= 4 is 18.3 Å². The molecule has 0 aliphatic carbocycles. The molecule has 0 spiro atoms. The van der Waals surface area contributed by atoms with Crippen LogP contribution in [0.1, 0.15) is 50.2 Å². The molecule has 1 atom stereocenters. The lowest BCUT2D eigenvalue weighted by Crippen LogP contribution is -2.41. The Bertz CT molecular complexity index is 484. The van der Waals surface area contributed by atoms with Crippen LogP contribution >= 0.6 is 12.4 Å². The quantitative estimate of drug-likeness (QED) is 0.856. The largest absolute Gasteiger partial charge is 0.343 e. The predicted molar refractivity (Wildman–Crippen MR) is 99.3 cm³/mol. The van der Waals surface area contributed by atoms with Gasteiger partial charge in [0.05, 0.1) is 0 Å². The van der Waals surface area contributed by atoms with Crippen LogP contribution in [0.4, 0.5) is 0 Å². The van der Waals surface area contributed by atoms with Crippen LogP contribution in [-0.2, 0) is 4.79 Å². The molecule has 1 unspecified atom stereocenters. The minimum Gasteiger partial charge on any atom is -0.343 e. The zero-order chi connectivity index (χ0) is 15.9. The first-order valence-electron chi connectivity index (χ1n) is 8.65. The molecule has 0 bridgehead atoms. The van der Waals surface area contributed by atoms with Crippen molar-refractivity contribution in [3.05, 3.63) is 35.4 Å². The molecule has 1 aliphatic rings. The van der Waals surface area contributed by atoms with Crippen molar-refractivity contribution in [1.29, 1.82) is 0 Å². The first-order chi connectivity index (χ1) is 10.6. The summed E-state index contributed by atoms with van der Waals surface area (Å²) in [7, 11) is 0. The number of hydrogen-bond donors (Lipinski definition) is 1. The molecule has 0 radical (unpaired) electrons. The fraction of sp³-hybridized carbons (Fsp3) is 0.632. The van der Waals surface area contributed by atoms with E-state index in [-0.39, 0.29) is 12.4 Å². The second-order valence-corrected chi connectivity index (χ2v) is 6.59. The highest BCUT2D eigenvalue weighted by Gasteiger charge is 2.24. The maximum Gasteiger partial charge on any atom is 0.223 e. The number of halogens is 1. The van der Waals surface area contributed by atoms with Gasteiger partial charge in [0.1, 0.15) is 0 Å². The highest BCUT2D eigenvalue weighted by molar-refractivity contribution is 5.85. The van der Waals surface area contributed by atoms with Crippen LogP contribution in [0, 0.1) is 12.8 Å². The number of amides is 1. The van der Waals surface area contributed by atoms with Crippen LogP contribution < -0.4 is 5.32 Å². The SMILES string of the molecule is CCNCC1CCN(C(=O)CC(C)c2ccccc2C)CC1.Cl. The Morgan fingerprint density at radius 1 is 1.30 bits per heavy atom. The Balaban J connectivity index is 0.00000264. The van der Waals surface area contributed by atoms with E-state index in [1.54, 1.807) is 0 Å². The molecule has 1 saturated heterocycles. The summed E-state index contributed by atoms with van der Waals surface area (Å²) in [5.41, 5.74) is 2.59. The first kappa shape index (κ1) is 20.0. The molecule has 1 aromatic carbocycles. The lowest BCUT2D eigenvalue weighted by molar-refractivity contribution is -0.132. The summed E-state index contributed by atoms with van der Waals surface area (Å²) in [6, 6.07) is 8.40. The molecule has 1 aliphatic heterocycles. The minimum absolute atomic E-state index is 0. The molecule has 4 heteroatoms. The zero-order valence-corrected chi connectivity index (χ0v) is 15.5. The number of aryl methyl sites for hydroxylation is 1. The lowest BCUT2D eigenvalue weighted by atomic mass is 9.92. The van der Waals surface area contributed by atoms with E-state index in [1.165, 1.54) is 11.1 Å². The average molecular weight is 339 g/mol. The zero-order valence-electron chi connectivity index (χ0n) is 14.7. The molecule has 3 nitrogen and oxygen atoms in total. The molecule has 1 N–H and O–H groups in total. The Labute approximate surface area is 147 Å². The number of hydrogen-bond acceptors (Lipinski definition) is 2. The van der Waals surface area contributed by atoms with E-state index in [0.717, 1.165) is 44.9 Å². The van der Waals surface area contributed by atoms with Gasteiger partial charge < -0.3 is 10.2 Å². The number of rotatable bonds is 6. The number of nitrogens with zero attached hydrogens (tertiary/aromatic N) is 1. The fourth-order valence-corrected chi connectivity index (χ4v) is 3.38. The molecule has 23 heavy (non-hydrogen) atoms. The number of carbonyl (C=O) groups is 1. The van der Waals surface area contributed by atoms with E-state index >= 15 is 0 Å². The number of benzene rings is 1. The molecule has 130 valence electrons. The van der Waals surface area contributed by atoms with Gasteiger partial charge in [0.15, 0.2) is 0 Å². The van der Waals surface area contributed by atoms with E-state index in [2.05, 4.69) is 55.3 Å². The van der Waals surface area contributed by atoms with Crippen LogP contribution in [0.15, 0.2) is 24.3 Å². The summed E-state index contributed by atoms with van der Waals surface area (Å²) in [4.78, 5) is 14.6. The van der Waals surface area contributed by atoms with Crippen LogP contribution in [0.25, 0.3) is 0 Å². The smallest absolute Gasteiger partial charge is 0.223 e. The molecule has 1 aromatic rings. The Hall–Kier alpha value is -1.06. The highest BCUT2D eigenvalue weighted by atomic mass is 35.5. The molecule has 0 aromatic heterocycles. The van der Waals surface area contributed by atoms with E-state index in [4.69, 9.17) is 0 Å². The van der Waals surface area contributed by atoms with E-state index in [9.17, 15) is 4.79 Å². The molecule has 1 fully saturated rings. The summed E-state index contributed by atoms with van der Waals surface area (Å²) in [5, 5.41) is 3.42. The Morgan fingerprint density at radius 3 is 2.57 bits per heavy atom. The number of piperidine rings is 1. The van der Waals surface area contributed by atoms with Crippen LogP contribution in [0.2, 0.25) is 0 Å². The van der Waals surface area contributed by atoms with Crippen LogP contribution in [-0.4, -0.2) is 37.0 Å². The van der Waals surface area contributed by atoms with Gasteiger partial charge >= 0.3 is 0 Å². The van der Waals surface area contributed by atoms with Gasteiger partial charge in [-0.15, -0.1) is 12.4 Å². The Kier molecular flexibility index (Phi) is 8.64. The van der Waals surface area contributed by atoms with Crippen molar-refractivity contribution < 1.29 is 4.79 Å². The third-order valence-corrected chi connectivity index (χ3v) is 4.85. The van der Waals surface area contributed by atoms with Gasteiger partial charge in [0, 0.05) is 19.5 Å². The topological polar surface area (TPSA) is 32.3 Å². The van der Waals surface area contributed by atoms with Crippen molar-refractivity contribution in [2.75, 3.05) is 26.2 Å². The van der Waals surface area contributed by atoms with Crippen molar-refractivity contribution in [3.63, 3.8) is 0 Å². The van der Waals surface area contributed by atoms with E-state index in [1.807, 2.05) is 0 Å². The van der Waals surface area contributed by atoms with Crippen molar-refractivity contribution in [3.8, 4) is 0 Å². The van der Waals surface area contributed by atoms with Crippen LogP contribution in [0.3, 0.4) is 0 Å². The molecule has 0 saturated carbocycles. The fourth-order valence-electron chi connectivity index (χ4n) is 3.38. The number of nitrogens with one attached hydrogen (secondary N) is 1. The normalized spacial score (nSPS) is 16.7. The van der Waals surface area contributed by atoms with Gasteiger partial charge in [-0.2, -0.15) is 0 Å². The number of likely N-dealkylation sites (tertiary alicyclic amines) is 1. The Morgan fingerprint density at radius 2 is 1.96 bits per heavy atom. The summed E-state index contributed by atoms with van der Waals surface area (Å²) in [6.07, 6.45) is 2.90. The maximum absolute atomic E-state index is 12.5. The highest BCUT2D eigenvalue weighted by Crippen LogP contribution is 2.24. The third-order valence-electron chi connectivity index (χ3n) is 4.85. The molecule has 1 heterocycles. The van der Waals surface area contributed by atoms with Crippen molar-refractivity contribution in [2.45, 2.75) is 46.0 Å². The van der Waals surface area contributed by atoms with Gasteiger partial charge in [-0.3, -0.25) is 4.79 Å². The maximum atomic E-state index is 12.5. The summed E-state index contributed by atoms with van der Waals surface area (Å²) >= 11 is 0. The van der Waals surface area contributed by atoms with E-state index in [0.29, 0.717) is 18.2 Å². The number of carbonyl (C=O) groups excluding carboxylic acids is 1. The van der Waals surface area contributed by atoms with Gasteiger partial charge in [-0.1, -0.05) is 38.1 Å². The molecule has 1 amide bonds. The predicted octanol–water partition coefficient (Wildman–Crippen LogP) is 3.76. The van der Waals surface area contributed by atoms with Crippen molar-refractivity contribution in [1.82, 2.24) is 10.2 Å². The second kappa shape index (κ2) is 9.94. The summed E-state index contributed by atoms with van der Waals surface area (Å²) in [5.74, 6) is 1.35. The summed E-state index contributed by atoms with van der Waals surface area (Å²) in [6.45, 7) is 10.4. The summed E-state index contributed by atoms with van der Waals surface area (Å²) < 4.78 is 0. The van der Waals surface area contributed by atoms with Crippen LogP contribution in [0.5, 0.6) is 0 Å². The average Bonchev–Trinajstić information content (AvgIpc) is 2.53. The lowest BCUT2D eigenvalue weighted by Gasteiger charge is -2.33. The molecule has 2 rings (SSSR count). The molecular weight excluding hydrogens is 308 g/mol. The van der Waals surface area contributed by atoms with Crippen molar-refractivity contribution in [2.24, 2.45) is 5.92 Å². The second-order valence-electron chi connectivity index (χ2n) is 6.59. The minimum atomic E-state index is 0. The standard InChI is InChI=1S/C19H30N2O.ClH/c1-4-20-14-17-9-11-21(12-10-17)19(22)13-16(3)18-8-6-5-7-15(18)2;/h5-8,16-17,20H,4,9-14H2,1-3H3;1H. The van der Waals surface area contributed by atoms with E-state index < -0.39 is 0 Å². The van der Waals surface area contributed by atoms with Gasteiger partial charge in [0.2, 0.25) is 5.91 Å². The molecular formula is C19H31ClN2O. The van der Waals surface area contributed by atoms with Gasteiger partial charge in [0.25, 0.3) is 0 Å². The van der Waals surface area contributed by atoms with Gasteiger partial charge in [-0.05, 0) is 55.8 Å². The van der Waals surface area contributed by atoms with Gasteiger partial charge in [-0.25, -0.2) is 0 Å². The third kappa shape index (κ3) is 5.82. The monoisotopic (exact) mass is 338 g/mol.